The minimum absolute atomic E-state index is 0.0235. The molecule has 13 heteroatoms. The molecule has 224 valence electrons. The molecule has 41 heavy (non-hydrogen) atoms. The summed E-state index contributed by atoms with van der Waals surface area (Å²) in [7, 11) is 0. The van der Waals surface area contributed by atoms with Crippen molar-refractivity contribution in [2.45, 2.75) is 77.1 Å². The third-order valence-electron chi connectivity index (χ3n) is 8.13. The summed E-state index contributed by atoms with van der Waals surface area (Å²) in [6.07, 6.45) is -2.18. The Hall–Kier alpha value is -2.63. The fourth-order valence-corrected chi connectivity index (χ4v) is 6.54. The zero-order chi connectivity index (χ0) is 30.3. The van der Waals surface area contributed by atoms with Crippen molar-refractivity contribution in [1.29, 1.82) is 0 Å². The first-order chi connectivity index (χ1) is 19.0. The maximum Gasteiger partial charge on any atom is 0.433 e. The van der Waals surface area contributed by atoms with Gasteiger partial charge in [-0.1, -0.05) is 23.2 Å². The summed E-state index contributed by atoms with van der Waals surface area (Å²) in [4.78, 5) is 39.9. The van der Waals surface area contributed by atoms with Crippen LogP contribution in [-0.4, -0.2) is 62.7 Å². The van der Waals surface area contributed by atoms with Crippen molar-refractivity contribution in [2.24, 2.45) is 5.41 Å². The van der Waals surface area contributed by atoms with Gasteiger partial charge in [0.2, 0.25) is 0 Å². The second-order valence-corrected chi connectivity index (χ2v) is 12.4. The highest BCUT2D eigenvalue weighted by Crippen LogP contribution is 2.43. The number of amides is 1. The van der Waals surface area contributed by atoms with Crippen LogP contribution in [-0.2, 0) is 15.7 Å². The summed E-state index contributed by atoms with van der Waals surface area (Å²) in [5.41, 5.74) is -3.13. The maximum absolute atomic E-state index is 14.5. The van der Waals surface area contributed by atoms with Crippen LogP contribution < -0.4 is 0 Å². The molecule has 1 atom stereocenters. The van der Waals surface area contributed by atoms with Gasteiger partial charge in [-0.3, -0.25) is 19.1 Å². The maximum atomic E-state index is 14.5. The number of ketones is 1. The number of hydrogen-bond donors (Lipinski definition) is 1. The lowest BCUT2D eigenvalue weighted by atomic mass is 9.74. The lowest BCUT2D eigenvalue weighted by molar-refractivity contribution is -0.152. The van der Waals surface area contributed by atoms with Gasteiger partial charge in [-0.2, -0.15) is 18.3 Å². The number of carboxylic acids is 1. The molecule has 4 rings (SSSR count). The number of aryl methyl sites for hydroxylation is 1. The number of carbonyl (C=O) groups is 3. The number of benzene rings is 1. The molecule has 1 aromatic carbocycles. The number of alkyl halides is 3. The second-order valence-electron chi connectivity index (χ2n) is 11.5. The van der Waals surface area contributed by atoms with Crippen LogP contribution >= 0.6 is 23.2 Å². The number of carboxylic acid groups (broad SMARTS) is 1. The lowest BCUT2D eigenvalue weighted by Gasteiger charge is -2.35. The Kier molecular flexibility index (Phi) is 8.83. The fraction of sp³-hybridized carbons (Fsp3) is 0.571. The van der Waals surface area contributed by atoms with E-state index in [1.54, 1.807) is 32.9 Å². The number of Topliss-reactive ketones (excluding diaryl/α,β-unsaturated/α-hetero) is 1. The van der Waals surface area contributed by atoms with Crippen LogP contribution in [0.4, 0.5) is 13.2 Å². The quantitative estimate of drug-likeness (QED) is 0.334. The molecule has 2 heterocycles. The zero-order valence-corrected chi connectivity index (χ0v) is 24.5. The van der Waals surface area contributed by atoms with Gasteiger partial charge >= 0.3 is 12.1 Å². The summed E-state index contributed by atoms with van der Waals surface area (Å²) in [6, 6.07) is 2.34. The minimum atomic E-state index is -4.94. The van der Waals surface area contributed by atoms with Gasteiger partial charge in [0.1, 0.15) is 0 Å². The van der Waals surface area contributed by atoms with Crippen molar-refractivity contribution >= 4 is 40.9 Å². The van der Waals surface area contributed by atoms with E-state index in [0.717, 1.165) is 15.8 Å². The summed E-state index contributed by atoms with van der Waals surface area (Å²) in [5.74, 6) is -2.66. The topological polar surface area (TPSA) is 102 Å². The highest BCUT2D eigenvalue weighted by molar-refractivity contribution is 6.40. The number of nitrogens with zero attached hydrogens (tertiary/aromatic N) is 3. The third-order valence-corrected chi connectivity index (χ3v) is 8.72. The summed E-state index contributed by atoms with van der Waals surface area (Å²) in [5, 5.41) is 13.6. The van der Waals surface area contributed by atoms with Gasteiger partial charge in [0, 0.05) is 6.61 Å². The molecule has 0 spiro atoms. The van der Waals surface area contributed by atoms with Crippen molar-refractivity contribution in [3.05, 3.63) is 50.8 Å². The van der Waals surface area contributed by atoms with Crippen LogP contribution in [0, 0.1) is 12.3 Å². The van der Waals surface area contributed by atoms with Gasteiger partial charge in [-0.15, -0.1) is 0 Å². The molecule has 0 radical (unpaired) electrons. The van der Waals surface area contributed by atoms with E-state index in [4.69, 9.17) is 27.9 Å². The predicted molar refractivity (Wildman–Crippen MR) is 146 cm³/mol. The normalized spacial score (nSPS) is 24.8. The van der Waals surface area contributed by atoms with Gasteiger partial charge in [-0.05, 0) is 77.0 Å². The van der Waals surface area contributed by atoms with E-state index in [-0.39, 0.29) is 47.8 Å². The molecule has 1 aliphatic carbocycles. The average Bonchev–Trinajstić information content (AvgIpc) is 3.50. The molecule has 1 amide bonds. The van der Waals surface area contributed by atoms with E-state index in [9.17, 15) is 32.7 Å². The summed E-state index contributed by atoms with van der Waals surface area (Å²) in [6.45, 7) is 4.76. The molecule has 1 aliphatic heterocycles. The molecule has 0 unspecified atom stereocenters. The number of halogens is 5. The lowest BCUT2D eigenvalue weighted by Crippen LogP contribution is -2.46. The Labute approximate surface area is 245 Å². The Morgan fingerprint density at radius 3 is 2.27 bits per heavy atom. The molecule has 2 aliphatic rings. The van der Waals surface area contributed by atoms with Crippen molar-refractivity contribution in [1.82, 2.24) is 14.7 Å². The Morgan fingerprint density at radius 2 is 1.76 bits per heavy atom. The number of aromatic nitrogens is 2. The van der Waals surface area contributed by atoms with Crippen molar-refractivity contribution in [3.8, 4) is 0 Å². The SMILES string of the molecule is Cc1cc(Cl)c(C(=O)CN(C[C@]2(C)CCCO2)C(=O)c2cnn([C@H]3CC[C@](C)(C(=O)O)CC3)c2C(F)(F)F)c(Cl)c1. The van der Waals surface area contributed by atoms with Gasteiger partial charge in [0.25, 0.3) is 5.91 Å². The van der Waals surface area contributed by atoms with Crippen LogP contribution in [0.3, 0.4) is 0 Å². The fourth-order valence-electron chi connectivity index (χ4n) is 5.73. The van der Waals surface area contributed by atoms with E-state index in [1.165, 1.54) is 0 Å². The number of ether oxygens (including phenoxy) is 1. The number of rotatable bonds is 8. The first-order valence-electron chi connectivity index (χ1n) is 13.3. The van der Waals surface area contributed by atoms with Crippen LogP contribution in [0.1, 0.15) is 90.4 Å². The summed E-state index contributed by atoms with van der Waals surface area (Å²) >= 11 is 12.6. The largest absolute Gasteiger partial charge is 0.481 e. The van der Waals surface area contributed by atoms with Crippen LogP contribution in [0.5, 0.6) is 0 Å². The Bertz CT molecular complexity index is 1320. The van der Waals surface area contributed by atoms with Crippen molar-refractivity contribution in [2.75, 3.05) is 19.7 Å². The van der Waals surface area contributed by atoms with Gasteiger partial charge < -0.3 is 14.7 Å². The molecule has 2 aromatic rings. The van der Waals surface area contributed by atoms with Crippen LogP contribution in [0.15, 0.2) is 18.3 Å². The zero-order valence-electron chi connectivity index (χ0n) is 23.0. The second kappa shape index (κ2) is 11.6. The van der Waals surface area contributed by atoms with E-state index < -0.39 is 58.7 Å². The van der Waals surface area contributed by atoms with E-state index in [0.29, 0.717) is 25.0 Å². The molecule has 1 N–H and O–H groups in total. The molecular formula is C28H32Cl2F3N3O5. The standard InChI is InChI=1S/C28H32Cl2F3N3O5/c1-16-11-19(29)22(20(30)12-16)21(37)14-35(15-27(3)7-4-10-41-27)24(38)18-13-34-36(23(18)28(31,32)33)17-5-8-26(2,9-6-17)25(39)40/h11-13,17H,4-10,14-15H2,1-3H3,(H,39,40)/t17-,26-,27-/m0/s1. The van der Waals surface area contributed by atoms with Crippen molar-refractivity contribution in [3.63, 3.8) is 0 Å². The smallest absolute Gasteiger partial charge is 0.433 e. The molecule has 2 fully saturated rings. The Balaban J connectivity index is 1.69. The molecule has 0 bridgehead atoms. The number of carbonyl (C=O) groups excluding carboxylic acids is 2. The van der Waals surface area contributed by atoms with E-state index >= 15 is 0 Å². The predicted octanol–water partition coefficient (Wildman–Crippen LogP) is 6.62. The minimum Gasteiger partial charge on any atom is -0.481 e. The third kappa shape index (κ3) is 6.57. The van der Waals surface area contributed by atoms with Gasteiger partial charge in [-0.25, -0.2) is 0 Å². The molecule has 1 aromatic heterocycles. The summed E-state index contributed by atoms with van der Waals surface area (Å²) < 4.78 is 50.1. The van der Waals surface area contributed by atoms with Crippen LogP contribution in [0.2, 0.25) is 10.0 Å². The molecule has 1 saturated carbocycles. The average molecular weight is 618 g/mol. The van der Waals surface area contributed by atoms with Gasteiger partial charge in [0.05, 0.1) is 57.5 Å². The van der Waals surface area contributed by atoms with Gasteiger partial charge in [0.15, 0.2) is 11.5 Å². The molecular weight excluding hydrogens is 586 g/mol. The van der Waals surface area contributed by atoms with E-state index in [1.807, 2.05) is 0 Å². The first-order valence-corrected chi connectivity index (χ1v) is 14.1. The Morgan fingerprint density at radius 1 is 1.15 bits per heavy atom. The van der Waals surface area contributed by atoms with Crippen molar-refractivity contribution < 1.29 is 37.4 Å². The number of hydrogen-bond acceptors (Lipinski definition) is 5. The van der Waals surface area contributed by atoms with E-state index in [2.05, 4.69) is 5.10 Å². The monoisotopic (exact) mass is 617 g/mol. The van der Waals surface area contributed by atoms with Crippen LogP contribution in [0.25, 0.3) is 0 Å². The highest BCUT2D eigenvalue weighted by Gasteiger charge is 2.46. The molecule has 1 saturated heterocycles. The highest BCUT2D eigenvalue weighted by atomic mass is 35.5. The first kappa shape index (κ1) is 31.3. The molecule has 8 nitrogen and oxygen atoms in total. The number of aliphatic carboxylic acids is 1.